The van der Waals surface area contributed by atoms with Crippen LogP contribution in [0.25, 0.3) is 0 Å². The van der Waals surface area contributed by atoms with Gasteiger partial charge in [0.15, 0.2) is 0 Å². The topological polar surface area (TPSA) is 59.5 Å². The van der Waals surface area contributed by atoms with Crippen molar-refractivity contribution in [1.29, 1.82) is 0 Å². The Bertz CT molecular complexity index is 423. The number of hydrogen-bond donors (Lipinski definition) is 1. The van der Waals surface area contributed by atoms with Gasteiger partial charge in [0, 0.05) is 12.1 Å². The Kier molecular flexibility index (Phi) is 3.00. The summed E-state index contributed by atoms with van der Waals surface area (Å²) in [6.07, 6.45) is 2.55. The summed E-state index contributed by atoms with van der Waals surface area (Å²) in [5.74, 6) is 1.25. The molecule has 4 heteroatoms. The molecular weight excluding hydrogens is 216 g/mol. The van der Waals surface area contributed by atoms with Gasteiger partial charge in [0.1, 0.15) is 12.0 Å². The Morgan fingerprint density at radius 3 is 2.82 bits per heavy atom. The van der Waals surface area contributed by atoms with E-state index in [4.69, 9.17) is 10.2 Å². The van der Waals surface area contributed by atoms with E-state index in [0.29, 0.717) is 23.8 Å². The molecule has 0 aliphatic carbocycles. The van der Waals surface area contributed by atoms with Crippen LogP contribution in [0.2, 0.25) is 0 Å². The van der Waals surface area contributed by atoms with Gasteiger partial charge < -0.3 is 15.1 Å². The molecule has 1 aliphatic heterocycles. The van der Waals surface area contributed by atoms with Crippen LogP contribution in [0, 0.1) is 5.92 Å². The van der Waals surface area contributed by atoms with Crippen LogP contribution in [0.4, 0.5) is 0 Å². The number of carbonyl (C=O) groups is 1. The first-order valence-electron chi connectivity index (χ1n) is 6.03. The van der Waals surface area contributed by atoms with Crippen molar-refractivity contribution in [2.75, 3.05) is 6.54 Å². The second kappa shape index (κ2) is 4.18. The number of nitrogens with two attached hydrogens (primary N) is 1. The first-order valence-corrected chi connectivity index (χ1v) is 6.03. The molecule has 1 fully saturated rings. The molecule has 1 aromatic heterocycles. The fourth-order valence-electron chi connectivity index (χ4n) is 2.70. The van der Waals surface area contributed by atoms with E-state index < -0.39 is 0 Å². The van der Waals surface area contributed by atoms with Gasteiger partial charge in [0.05, 0.1) is 12.1 Å². The smallest absolute Gasteiger partial charge is 0.257 e. The predicted molar refractivity (Wildman–Crippen MR) is 65.5 cm³/mol. The summed E-state index contributed by atoms with van der Waals surface area (Å²) in [5, 5.41) is 0. The van der Waals surface area contributed by atoms with Crippen LogP contribution >= 0.6 is 0 Å². The van der Waals surface area contributed by atoms with Crippen LogP contribution in [0.15, 0.2) is 16.7 Å². The van der Waals surface area contributed by atoms with Gasteiger partial charge in [-0.2, -0.15) is 0 Å². The van der Waals surface area contributed by atoms with Gasteiger partial charge in [-0.3, -0.25) is 4.79 Å². The van der Waals surface area contributed by atoms with Crippen molar-refractivity contribution in [2.24, 2.45) is 11.7 Å². The Labute approximate surface area is 102 Å². The van der Waals surface area contributed by atoms with Gasteiger partial charge in [-0.25, -0.2) is 0 Å². The highest BCUT2D eigenvalue weighted by atomic mass is 16.3. The molecule has 2 rings (SSSR count). The first kappa shape index (κ1) is 12.2. The second-order valence-corrected chi connectivity index (χ2v) is 5.54. The monoisotopic (exact) mass is 236 g/mol. The molecule has 94 valence electrons. The lowest BCUT2D eigenvalue weighted by Gasteiger charge is -2.31. The standard InChI is InChI=1S/C13H20N2O2/c1-9-5-13(2,3)15(7-9)12(16)10-4-11(6-14)17-8-10/h4,8-9H,5-7,14H2,1-3H3. The van der Waals surface area contributed by atoms with Crippen LogP contribution in [0.3, 0.4) is 0 Å². The van der Waals surface area contributed by atoms with E-state index in [-0.39, 0.29) is 11.4 Å². The molecule has 4 nitrogen and oxygen atoms in total. The third kappa shape index (κ3) is 2.22. The van der Waals surface area contributed by atoms with Crippen LogP contribution in [-0.4, -0.2) is 22.9 Å². The number of furan rings is 1. The highest BCUT2D eigenvalue weighted by Crippen LogP contribution is 2.33. The van der Waals surface area contributed by atoms with Crippen molar-refractivity contribution >= 4 is 5.91 Å². The molecule has 1 saturated heterocycles. The zero-order valence-corrected chi connectivity index (χ0v) is 10.7. The summed E-state index contributed by atoms with van der Waals surface area (Å²) in [5.41, 5.74) is 6.00. The van der Waals surface area contributed by atoms with Crippen molar-refractivity contribution < 1.29 is 9.21 Å². The molecule has 0 saturated carbocycles. The van der Waals surface area contributed by atoms with Gasteiger partial charge >= 0.3 is 0 Å². The zero-order valence-electron chi connectivity index (χ0n) is 10.7. The summed E-state index contributed by atoms with van der Waals surface area (Å²) in [6, 6.07) is 1.74. The summed E-state index contributed by atoms with van der Waals surface area (Å²) in [4.78, 5) is 14.3. The molecule has 1 atom stereocenters. The molecule has 17 heavy (non-hydrogen) atoms. The molecule has 0 spiro atoms. The molecule has 2 N–H and O–H groups in total. The van der Waals surface area contributed by atoms with E-state index in [1.54, 1.807) is 6.07 Å². The van der Waals surface area contributed by atoms with Crippen molar-refractivity contribution in [1.82, 2.24) is 4.90 Å². The van der Waals surface area contributed by atoms with E-state index in [9.17, 15) is 4.79 Å². The van der Waals surface area contributed by atoms with E-state index >= 15 is 0 Å². The van der Waals surface area contributed by atoms with E-state index in [1.165, 1.54) is 6.26 Å². The second-order valence-electron chi connectivity index (χ2n) is 5.54. The lowest BCUT2D eigenvalue weighted by Crippen LogP contribution is -2.42. The van der Waals surface area contributed by atoms with Crippen molar-refractivity contribution in [3.63, 3.8) is 0 Å². The maximum absolute atomic E-state index is 12.4. The SMILES string of the molecule is CC1CN(C(=O)c2coc(CN)c2)C(C)(C)C1. The summed E-state index contributed by atoms with van der Waals surface area (Å²) in [6.45, 7) is 7.54. The number of rotatable bonds is 2. The molecule has 1 unspecified atom stereocenters. The van der Waals surface area contributed by atoms with E-state index in [2.05, 4.69) is 20.8 Å². The average molecular weight is 236 g/mol. The summed E-state index contributed by atoms with van der Waals surface area (Å²) in [7, 11) is 0. The Balaban J connectivity index is 2.20. The number of nitrogens with zero attached hydrogens (tertiary/aromatic N) is 1. The van der Waals surface area contributed by atoms with Crippen LogP contribution in [0.5, 0.6) is 0 Å². The van der Waals surface area contributed by atoms with E-state index in [1.807, 2.05) is 4.90 Å². The zero-order chi connectivity index (χ0) is 12.6. The maximum atomic E-state index is 12.4. The lowest BCUT2D eigenvalue weighted by atomic mass is 9.97. The lowest BCUT2D eigenvalue weighted by molar-refractivity contribution is 0.0649. The van der Waals surface area contributed by atoms with Crippen LogP contribution in [0.1, 0.15) is 43.3 Å². The minimum atomic E-state index is -0.0728. The Hall–Kier alpha value is -1.29. The van der Waals surface area contributed by atoms with Gasteiger partial charge in [-0.05, 0) is 32.3 Å². The molecule has 0 bridgehead atoms. The maximum Gasteiger partial charge on any atom is 0.257 e. The van der Waals surface area contributed by atoms with E-state index in [0.717, 1.165) is 13.0 Å². The number of hydrogen-bond acceptors (Lipinski definition) is 3. The molecule has 1 aromatic rings. The van der Waals surface area contributed by atoms with Gasteiger partial charge in [0.2, 0.25) is 0 Å². The largest absolute Gasteiger partial charge is 0.467 e. The van der Waals surface area contributed by atoms with Gasteiger partial charge in [-0.1, -0.05) is 6.92 Å². The molecule has 1 amide bonds. The highest BCUT2D eigenvalue weighted by molar-refractivity contribution is 5.94. The highest BCUT2D eigenvalue weighted by Gasteiger charge is 2.39. The van der Waals surface area contributed by atoms with Gasteiger partial charge in [0.25, 0.3) is 5.91 Å². The average Bonchev–Trinajstić information content (AvgIpc) is 2.81. The molecule has 0 radical (unpaired) electrons. The van der Waals surface area contributed by atoms with Crippen molar-refractivity contribution in [2.45, 2.75) is 39.3 Å². The van der Waals surface area contributed by atoms with Gasteiger partial charge in [-0.15, -0.1) is 0 Å². The summed E-state index contributed by atoms with van der Waals surface area (Å²) >= 11 is 0. The third-order valence-corrected chi connectivity index (χ3v) is 3.42. The Morgan fingerprint density at radius 2 is 2.35 bits per heavy atom. The molecule has 2 heterocycles. The minimum Gasteiger partial charge on any atom is -0.467 e. The quantitative estimate of drug-likeness (QED) is 0.854. The predicted octanol–water partition coefficient (Wildman–Crippen LogP) is 2.00. The first-order chi connectivity index (χ1) is 7.94. The summed E-state index contributed by atoms with van der Waals surface area (Å²) < 4.78 is 5.22. The fraction of sp³-hybridized carbons (Fsp3) is 0.615. The minimum absolute atomic E-state index is 0.0443. The molecule has 1 aliphatic rings. The van der Waals surface area contributed by atoms with Crippen molar-refractivity contribution in [3.05, 3.63) is 23.7 Å². The van der Waals surface area contributed by atoms with Crippen LogP contribution in [-0.2, 0) is 6.54 Å². The number of amides is 1. The molecular formula is C13H20N2O2. The normalized spacial score (nSPS) is 23.1. The van der Waals surface area contributed by atoms with Crippen molar-refractivity contribution in [3.8, 4) is 0 Å². The number of carbonyl (C=O) groups excluding carboxylic acids is 1. The number of likely N-dealkylation sites (tertiary alicyclic amines) is 1. The third-order valence-electron chi connectivity index (χ3n) is 3.42. The van der Waals surface area contributed by atoms with Crippen LogP contribution < -0.4 is 5.73 Å². The fourth-order valence-corrected chi connectivity index (χ4v) is 2.70. The molecule has 0 aromatic carbocycles. The Morgan fingerprint density at radius 1 is 1.65 bits per heavy atom.